The molecule has 0 spiro atoms. The van der Waals surface area contributed by atoms with Crippen LogP contribution in [0.25, 0.3) is 0 Å². The van der Waals surface area contributed by atoms with Gasteiger partial charge in [-0.05, 0) is 29.7 Å². The molecule has 3 rings (SSSR count). The van der Waals surface area contributed by atoms with Crippen LogP contribution in [0.1, 0.15) is 27.9 Å². The molecule has 0 radical (unpaired) electrons. The van der Waals surface area contributed by atoms with Gasteiger partial charge in [-0.25, -0.2) is 0 Å². The molecule has 0 saturated heterocycles. The molecule has 4 nitrogen and oxygen atoms in total. The van der Waals surface area contributed by atoms with Gasteiger partial charge in [-0.2, -0.15) is 5.26 Å². The van der Waals surface area contributed by atoms with Gasteiger partial charge in [0.25, 0.3) is 5.56 Å². The number of pyridine rings is 1. The molecule has 2 N–H and O–H groups in total. The minimum absolute atomic E-state index is 0. The molecule has 0 atom stereocenters. The van der Waals surface area contributed by atoms with E-state index in [-0.39, 0.29) is 23.5 Å². The summed E-state index contributed by atoms with van der Waals surface area (Å²) in [4.78, 5) is 14.9. The monoisotopic (exact) mass is 301 g/mol. The van der Waals surface area contributed by atoms with Crippen molar-refractivity contribution in [2.24, 2.45) is 0 Å². The minimum atomic E-state index is -0.265. The first kappa shape index (κ1) is 15.3. The van der Waals surface area contributed by atoms with E-state index in [1.165, 1.54) is 0 Å². The third kappa shape index (κ3) is 2.99. The van der Waals surface area contributed by atoms with Crippen LogP contribution in [0.5, 0.6) is 0 Å². The zero-order valence-electron chi connectivity index (χ0n) is 11.5. The Hall–Kier alpha value is -2.09. The molecule has 0 saturated carbocycles. The van der Waals surface area contributed by atoms with E-state index in [4.69, 9.17) is 5.26 Å². The molecule has 0 amide bonds. The molecule has 5 heteroatoms. The van der Waals surface area contributed by atoms with Gasteiger partial charge in [-0.1, -0.05) is 30.3 Å². The van der Waals surface area contributed by atoms with Crippen LogP contribution in [0.4, 0.5) is 0 Å². The fourth-order valence-corrected chi connectivity index (χ4v) is 2.73. The molecule has 21 heavy (non-hydrogen) atoms. The van der Waals surface area contributed by atoms with Crippen molar-refractivity contribution in [2.45, 2.75) is 19.4 Å². The summed E-state index contributed by atoms with van der Waals surface area (Å²) in [6.07, 6.45) is 1.43. The molecule has 2 aromatic rings. The van der Waals surface area contributed by atoms with Gasteiger partial charge in [-0.15, -0.1) is 12.4 Å². The van der Waals surface area contributed by atoms with Gasteiger partial charge in [0, 0.05) is 18.7 Å². The first-order valence-corrected chi connectivity index (χ1v) is 6.71. The number of aromatic nitrogens is 1. The first-order valence-electron chi connectivity index (χ1n) is 6.71. The van der Waals surface area contributed by atoms with Crippen molar-refractivity contribution in [3.8, 4) is 6.07 Å². The second kappa shape index (κ2) is 6.57. The summed E-state index contributed by atoms with van der Waals surface area (Å²) >= 11 is 0. The van der Waals surface area contributed by atoms with Crippen molar-refractivity contribution in [2.75, 3.05) is 6.54 Å². The highest BCUT2D eigenvalue weighted by molar-refractivity contribution is 5.85. The summed E-state index contributed by atoms with van der Waals surface area (Å²) in [6, 6.07) is 12.1. The van der Waals surface area contributed by atoms with Crippen molar-refractivity contribution in [1.82, 2.24) is 10.3 Å². The lowest BCUT2D eigenvalue weighted by atomic mass is 9.93. The maximum Gasteiger partial charge on any atom is 0.266 e. The average molecular weight is 302 g/mol. The number of fused-ring (bicyclic) bond motifs is 1. The molecule has 0 bridgehead atoms. The predicted molar refractivity (Wildman–Crippen MR) is 83.7 cm³/mol. The van der Waals surface area contributed by atoms with Gasteiger partial charge in [0.1, 0.15) is 11.6 Å². The van der Waals surface area contributed by atoms with Crippen LogP contribution >= 0.6 is 12.4 Å². The Kier molecular flexibility index (Phi) is 4.79. The SMILES string of the molecule is Cl.N#Cc1c2c(c(Cc3ccccc3)[nH]c1=O)CNCC2. The number of nitriles is 1. The van der Waals surface area contributed by atoms with Crippen LogP contribution in [0.2, 0.25) is 0 Å². The third-order valence-corrected chi connectivity index (χ3v) is 3.71. The fraction of sp³-hybridized carbons (Fsp3) is 0.250. The van der Waals surface area contributed by atoms with Crippen LogP contribution in [-0.4, -0.2) is 11.5 Å². The summed E-state index contributed by atoms with van der Waals surface area (Å²) in [6.45, 7) is 1.53. The molecule has 0 unspecified atom stereocenters. The molecule has 0 fully saturated rings. The highest BCUT2D eigenvalue weighted by Gasteiger charge is 2.19. The number of nitrogens with zero attached hydrogens (tertiary/aromatic N) is 1. The Bertz CT molecular complexity index is 732. The molecule has 1 aromatic carbocycles. The lowest BCUT2D eigenvalue weighted by Gasteiger charge is -2.21. The second-order valence-electron chi connectivity index (χ2n) is 4.97. The van der Waals surface area contributed by atoms with Crippen molar-refractivity contribution in [3.05, 3.63) is 68.6 Å². The van der Waals surface area contributed by atoms with E-state index in [1.54, 1.807) is 0 Å². The minimum Gasteiger partial charge on any atom is -0.324 e. The number of rotatable bonds is 2. The van der Waals surface area contributed by atoms with Crippen LogP contribution in [-0.2, 0) is 19.4 Å². The van der Waals surface area contributed by atoms with E-state index in [9.17, 15) is 4.79 Å². The highest BCUT2D eigenvalue weighted by Crippen LogP contribution is 2.20. The largest absolute Gasteiger partial charge is 0.324 e. The van der Waals surface area contributed by atoms with Gasteiger partial charge >= 0.3 is 0 Å². The van der Waals surface area contributed by atoms with Crippen molar-refractivity contribution >= 4 is 12.4 Å². The van der Waals surface area contributed by atoms with Crippen molar-refractivity contribution in [3.63, 3.8) is 0 Å². The fourth-order valence-electron chi connectivity index (χ4n) is 2.73. The molecule has 1 aromatic heterocycles. The average Bonchev–Trinajstić information content (AvgIpc) is 2.49. The lowest BCUT2D eigenvalue weighted by molar-refractivity contribution is 0.631. The Balaban J connectivity index is 0.00000161. The molecule has 2 heterocycles. The summed E-state index contributed by atoms with van der Waals surface area (Å²) in [5.74, 6) is 0. The molecule has 0 aliphatic carbocycles. The first-order chi connectivity index (χ1) is 9.79. The summed E-state index contributed by atoms with van der Waals surface area (Å²) in [5.41, 5.74) is 4.08. The summed E-state index contributed by atoms with van der Waals surface area (Å²) in [7, 11) is 0. The maximum absolute atomic E-state index is 12.0. The number of hydrogen-bond acceptors (Lipinski definition) is 3. The quantitative estimate of drug-likeness (QED) is 0.890. The topological polar surface area (TPSA) is 68.7 Å². The van der Waals surface area contributed by atoms with E-state index in [0.717, 1.165) is 35.3 Å². The van der Waals surface area contributed by atoms with Crippen molar-refractivity contribution in [1.29, 1.82) is 5.26 Å². The van der Waals surface area contributed by atoms with Gasteiger partial charge in [0.2, 0.25) is 0 Å². The molecule has 108 valence electrons. The van der Waals surface area contributed by atoms with Gasteiger partial charge in [0.15, 0.2) is 0 Å². The van der Waals surface area contributed by atoms with Crippen molar-refractivity contribution < 1.29 is 0 Å². The number of hydrogen-bond donors (Lipinski definition) is 2. The number of benzene rings is 1. The Morgan fingerprint density at radius 1 is 1.19 bits per heavy atom. The standard InChI is InChI=1S/C16H15N3O.ClH/c17-9-13-12-6-7-18-10-14(12)15(19-16(13)20)8-11-4-2-1-3-5-11;/h1-5,18H,6-8,10H2,(H,19,20);1H. The van der Waals surface area contributed by atoms with Crippen LogP contribution < -0.4 is 10.9 Å². The van der Waals surface area contributed by atoms with E-state index in [1.807, 2.05) is 36.4 Å². The van der Waals surface area contributed by atoms with E-state index in [2.05, 4.69) is 10.3 Å². The Labute approximate surface area is 129 Å². The highest BCUT2D eigenvalue weighted by atomic mass is 35.5. The number of aromatic amines is 1. The van der Waals surface area contributed by atoms with E-state index < -0.39 is 0 Å². The zero-order valence-corrected chi connectivity index (χ0v) is 12.3. The maximum atomic E-state index is 12.0. The van der Waals surface area contributed by atoms with E-state index >= 15 is 0 Å². The zero-order chi connectivity index (χ0) is 13.9. The molecule has 1 aliphatic heterocycles. The van der Waals surface area contributed by atoms with Crippen LogP contribution in [0.15, 0.2) is 35.1 Å². The molecular formula is C16H16ClN3O. The normalized spacial score (nSPS) is 12.9. The Morgan fingerprint density at radius 2 is 1.95 bits per heavy atom. The third-order valence-electron chi connectivity index (χ3n) is 3.71. The molecular weight excluding hydrogens is 286 g/mol. The molecule has 1 aliphatic rings. The lowest BCUT2D eigenvalue weighted by Crippen LogP contribution is -2.30. The van der Waals surface area contributed by atoms with Gasteiger partial charge in [-0.3, -0.25) is 4.79 Å². The number of H-pyrrole nitrogens is 1. The number of halogens is 1. The summed E-state index contributed by atoms with van der Waals surface area (Å²) < 4.78 is 0. The number of nitrogens with one attached hydrogen (secondary N) is 2. The smallest absolute Gasteiger partial charge is 0.266 e. The van der Waals surface area contributed by atoms with Gasteiger partial charge < -0.3 is 10.3 Å². The van der Waals surface area contributed by atoms with Crippen LogP contribution in [0.3, 0.4) is 0 Å². The predicted octanol–water partition coefficient (Wildman–Crippen LogP) is 1.90. The van der Waals surface area contributed by atoms with Gasteiger partial charge in [0.05, 0.1) is 0 Å². The van der Waals surface area contributed by atoms with E-state index in [0.29, 0.717) is 13.0 Å². The Morgan fingerprint density at radius 3 is 2.67 bits per heavy atom. The summed E-state index contributed by atoms with van der Waals surface area (Å²) in [5, 5.41) is 12.5. The second-order valence-corrected chi connectivity index (χ2v) is 4.97. The van der Waals surface area contributed by atoms with Crippen LogP contribution in [0, 0.1) is 11.3 Å².